The second-order valence-corrected chi connectivity index (χ2v) is 24.0. The molecule has 20 atom stereocenters. The molecule has 0 radical (unpaired) electrons. The van der Waals surface area contributed by atoms with Crippen LogP contribution in [-0.4, -0.2) is 210 Å². The number of aliphatic hydroxyl groups is 5. The highest BCUT2D eigenvalue weighted by Gasteiger charge is 2.53. The molecule has 7 rings (SSSR count). The van der Waals surface area contributed by atoms with E-state index in [2.05, 4.69) is 20.6 Å². The van der Waals surface area contributed by atoms with Gasteiger partial charge in [0.05, 0.1) is 64.8 Å². The lowest BCUT2D eigenvalue weighted by Crippen LogP contribution is -2.61. The minimum absolute atomic E-state index is 0.0829. The fourth-order valence-corrected chi connectivity index (χ4v) is 12.3. The van der Waals surface area contributed by atoms with E-state index in [0.29, 0.717) is 37.5 Å². The van der Waals surface area contributed by atoms with E-state index in [0.717, 1.165) is 29.8 Å². The first-order valence-electron chi connectivity index (χ1n) is 28.1. The number of aliphatic hydroxyl groups excluding tert-OH is 3. The van der Waals surface area contributed by atoms with Crippen molar-refractivity contribution in [3.63, 3.8) is 0 Å². The van der Waals surface area contributed by atoms with Crippen LogP contribution in [0.4, 0.5) is 4.39 Å². The van der Waals surface area contributed by atoms with Crippen LogP contribution in [-0.2, 0) is 44.4 Å². The van der Waals surface area contributed by atoms with E-state index in [9.17, 15) is 34.7 Å². The molecule has 0 bridgehead atoms. The molecule has 21 nitrogen and oxygen atoms in total. The summed E-state index contributed by atoms with van der Waals surface area (Å²) in [6.45, 7) is 17.5. The van der Waals surface area contributed by atoms with E-state index in [1.54, 1.807) is 59.3 Å². The summed E-state index contributed by atoms with van der Waals surface area (Å²) in [6.07, 6.45) is -3.83. The standard InChI is InChI=1S/C56H91FN8O13/c1-15-44-56(10,71)49(67)35(6)63(12)28-31(2)25-54(8,70)51(33(4)47(34(5)52(69)76-44)77-45-26-55(9,73-14)50(68)36(7)75-45)78-53-46(66)42(24-32(3)74-53)62(11)23-22-39-29-65(60-58-39)43(27-57)48(72-13)38-18-20-40(21-19-38)64-30-41(59-61-64)37-16-17-37/h18-21,29-37,42-51,53,66-68,70-71H,15-17,22-28H2,1-14H3/t31-,32-,33+,34-,35-,36+,42+,43-,44-,45+,46-,47+,48-,49-,50+,51-,53+,54-,55-,56-/m1/s1. The number of halogens is 1. The molecule has 0 spiro atoms. The molecular weight excluding hydrogens is 1010 g/mol. The van der Waals surface area contributed by atoms with Crippen LogP contribution in [0.3, 0.4) is 0 Å². The Bertz CT molecular complexity index is 2380. The van der Waals surface area contributed by atoms with Crippen molar-refractivity contribution in [2.75, 3.05) is 48.1 Å². The van der Waals surface area contributed by atoms with Gasteiger partial charge in [-0.1, -0.05) is 43.3 Å². The van der Waals surface area contributed by atoms with Gasteiger partial charge >= 0.3 is 5.97 Å². The van der Waals surface area contributed by atoms with Crippen molar-refractivity contribution in [3.05, 3.63) is 53.6 Å². The lowest BCUT2D eigenvalue weighted by Gasteiger charge is -2.49. The van der Waals surface area contributed by atoms with Crippen molar-refractivity contribution in [3.8, 4) is 5.69 Å². The van der Waals surface area contributed by atoms with Gasteiger partial charge in [-0.25, -0.2) is 13.8 Å². The highest BCUT2D eigenvalue weighted by Crippen LogP contribution is 2.42. The van der Waals surface area contributed by atoms with Gasteiger partial charge < -0.3 is 68.5 Å². The molecule has 3 aliphatic heterocycles. The van der Waals surface area contributed by atoms with Gasteiger partial charge in [0, 0.05) is 70.3 Å². The van der Waals surface area contributed by atoms with E-state index in [1.807, 2.05) is 68.2 Å². The van der Waals surface area contributed by atoms with Gasteiger partial charge in [0.25, 0.3) is 0 Å². The Morgan fingerprint density at radius 1 is 0.923 bits per heavy atom. The number of carbonyl (C=O) groups is 1. The number of hydrogen-bond donors (Lipinski definition) is 5. The number of cyclic esters (lactones) is 1. The minimum atomic E-state index is -1.85. The maximum absolute atomic E-state index is 15.0. The number of carbonyl (C=O) groups excluding carboxylic acids is 1. The number of nitrogens with zero attached hydrogens (tertiary/aromatic N) is 8. The van der Waals surface area contributed by atoms with Gasteiger partial charge in [-0.2, -0.15) is 0 Å². The molecule has 78 heavy (non-hydrogen) atoms. The zero-order valence-corrected chi connectivity index (χ0v) is 48.4. The molecule has 1 aliphatic carbocycles. The first-order chi connectivity index (χ1) is 36.8. The quantitative estimate of drug-likeness (QED) is 0.117. The molecule has 0 unspecified atom stereocenters. The highest BCUT2D eigenvalue weighted by molar-refractivity contribution is 5.73. The maximum atomic E-state index is 15.0. The Morgan fingerprint density at radius 2 is 1.62 bits per heavy atom. The molecule has 4 aliphatic rings. The van der Waals surface area contributed by atoms with E-state index in [1.165, 1.54) is 25.8 Å². The van der Waals surface area contributed by atoms with Crippen molar-refractivity contribution < 1.29 is 67.9 Å². The normalized spacial score (nSPS) is 38.8. The van der Waals surface area contributed by atoms with Gasteiger partial charge in [0.2, 0.25) is 0 Å². The molecule has 22 heteroatoms. The molecule has 0 amide bonds. The minimum Gasteiger partial charge on any atom is -0.459 e. The molecule has 440 valence electrons. The van der Waals surface area contributed by atoms with Crippen molar-refractivity contribution in [2.24, 2.45) is 17.8 Å². The number of aromatic nitrogens is 6. The summed E-state index contributed by atoms with van der Waals surface area (Å²) in [4.78, 5) is 18.5. The van der Waals surface area contributed by atoms with Crippen LogP contribution >= 0.6 is 0 Å². The Kier molecular flexibility index (Phi) is 20.4. The number of rotatable bonds is 17. The second-order valence-electron chi connectivity index (χ2n) is 24.0. The lowest BCUT2D eigenvalue weighted by molar-refractivity contribution is -0.318. The third kappa shape index (κ3) is 13.8. The average Bonchev–Trinajstić information content (AvgIpc) is 3.97. The summed E-state index contributed by atoms with van der Waals surface area (Å²) in [5, 5.41) is 77.3. The topological polar surface area (TPSA) is 251 Å². The van der Waals surface area contributed by atoms with Crippen LogP contribution in [0.15, 0.2) is 36.7 Å². The van der Waals surface area contributed by atoms with Crippen LogP contribution in [0.25, 0.3) is 5.69 Å². The number of esters is 1. The first-order valence-corrected chi connectivity index (χ1v) is 28.1. The predicted molar refractivity (Wildman–Crippen MR) is 285 cm³/mol. The van der Waals surface area contributed by atoms with Gasteiger partial charge in [0.15, 0.2) is 12.6 Å². The smallest absolute Gasteiger partial charge is 0.311 e. The monoisotopic (exact) mass is 1100 g/mol. The summed E-state index contributed by atoms with van der Waals surface area (Å²) < 4.78 is 62.5. The summed E-state index contributed by atoms with van der Waals surface area (Å²) in [7, 11) is 6.76. The zero-order chi connectivity index (χ0) is 57.2. The number of methoxy groups -OCH3 is 2. The van der Waals surface area contributed by atoms with Crippen molar-refractivity contribution in [1.29, 1.82) is 0 Å². The summed E-state index contributed by atoms with van der Waals surface area (Å²) in [6, 6.07) is 5.70. The lowest BCUT2D eigenvalue weighted by atomic mass is 9.77. The Balaban J connectivity index is 1.11. The SMILES string of the molecule is CC[C@H]1OC(=O)[C@H](C)[C@@H](O[C@H]2C[C@@](C)(OC)[C@@H](O)[C@H](C)O2)[C@H](C)[C@@H](O[C@@H]2O[C@H](C)C[C@H](N(C)CCc3cn([C@H](CF)[C@H](OC)c4ccc(-n5cc(C6CC6)nn5)cc4)nn3)[C@H]2O)[C@](C)(O)C[C@@H](C)CN(C)[C@H](C)[C@@H](O)[C@]1(C)O. The molecule has 5 heterocycles. The molecule has 2 aromatic heterocycles. The molecule has 1 aromatic carbocycles. The van der Waals surface area contributed by atoms with Gasteiger partial charge in [-0.3, -0.25) is 4.79 Å². The number of hydrogen-bond acceptors (Lipinski definition) is 19. The van der Waals surface area contributed by atoms with Crippen molar-refractivity contribution in [2.45, 2.75) is 223 Å². The number of alkyl halides is 1. The highest BCUT2D eigenvalue weighted by atomic mass is 19.1. The van der Waals surface area contributed by atoms with Gasteiger partial charge in [-0.05, 0) is 118 Å². The van der Waals surface area contributed by atoms with Crippen molar-refractivity contribution >= 4 is 5.97 Å². The van der Waals surface area contributed by atoms with Gasteiger partial charge in [-0.15, -0.1) is 10.2 Å². The Hall–Kier alpha value is -3.62. The number of benzene rings is 1. The third-order valence-corrected chi connectivity index (χ3v) is 17.5. The molecule has 3 aromatic rings. The van der Waals surface area contributed by atoms with Crippen LogP contribution in [0.2, 0.25) is 0 Å². The molecule has 3 saturated heterocycles. The fourth-order valence-electron chi connectivity index (χ4n) is 12.3. The molecule has 1 saturated carbocycles. The summed E-state index contributed by atoms with van der Waals surface area (Å²) in [5.74, 6) is -2.41. The molecular formula is C56H91FN8O13. The van der Waals surface area contributed by atoms with E-state index in [-0.39, 0.29) is 25.2 Å². The average molecular weight is 1100 g/mol. The van der Waals surface area contributed by atoms with Gasteiger partial charge in [0.1, 0.15) is 48.8 Å². The molecule has 4 fully saturated rings. The Morgan fingerprint density at radius 3 is 2.24 bits per heavy atom. The number of likely N-dealkylation sites (N-methyl/N-ethyl adjacent to an activating group) is 2. The largest absolute Gasteiger partial charge is 0.459 e. The number of ether oxygens (including phenoxy) is 7. The van der Waals surface area contributed by atoms with E-state index < -0.39 is 127 Å². The second kappa shape index (κ2) is 25.7. The summed E-state index contributed by atoms with van der Waals surface area (Å²) in [5.41, 5.74) is -1.41. The van der Waals surface area contributed by atoms with Crippen LogP contribution in [0.5, 0.6) is 0 Å². The fraction of sp³-hybridized carbons (Fsp3) is 0.804. The first kappa shape index (κ1) is 62.0. The third-order valence-electron chi connectivity index (χ3n) is 17.5. The summed E-state index contributed by atoms with van der Waals surface area (Å²) >= 11 is 0. The molecule has 5 N–H and O–H groups in total. The maximum Gasteiger partial charge on any atom is 0.311 e. The van der Waals surface area contributed by atoms with Crippen LogP contribution in [0, 0.1) is 17.8 Å². The van der Waals surface area contributed by atoms with Crippen LogP contribution < -0.4 is 0 Å². The van der Waals surface area contributed by atoms with Crippen LogP contribution in [0.1, 0.15) is 143 Å². The zero-order valence-electron chi connectivity index (χ0n) is 48.4. The van der Waals surface area contributed by atoms with E-state index >= 15 is 0 Å². The predicted octanol–water partition coefficient (Wildman–Crippen LogP) is 4.46. The Labute approximate surface area is 460 Å². The van der Waals surface area contributed by atoms with E-state index in [4.69, 9.17) is 33.2 Å². The van der Waals surface area contributed by atoms with Crippen molar-refractivity contribution in [1.82, 2.24) is 39.8 Å².